The second-order valence-corrected chi connectivity index (χ2v) is 37.2. The molecule has 0 aromatic heterocycles. The van der Waals surface area contributed by atoms with Gasteiger partial charge in [0.15, 0.2) is 29.0 Å². The van der Waals surface area contributed by atoms with Crippen LogP contribution in [0, 0.1) is 35.2 Å². The van der Waals surface area contributed by atoms with Crippen LogP contribution in [0.4, 0.5) is 13.2 Å². The Morgan fingerprint density at radius 3 is 0.955 bits per heavy atom. The fourth-order valence-electron chi connectivity index (χ4n) is 17.1. The van der Waals surface area contributed by atoms with E-state index in [0.717, 1.165) is 124 Å². The molecule has 0 radical (unpaired) electrons. The number of aryl methyl sites for hydroxylation is 3. The average Bonchev–Trinajstić information content (AvgIpc) is 1.49. The predicted octanol–water partition coefficient (Wildman–Crippen LogP) is 7.50. The molecule has 12 atom stereocenters. The van der Waals surface area contributed by atoms with Crippen LogP contribution >= 0.6 is 11.6 Å². The fourth-order valence-corrected chi connectivity index (χ4v) is 17.3. The zero-order chi connectivity index (χ0) is 95.8. The van der Waals surface area contributed by atoms with E-state index in [0.29, 0.717) is 95.7 Å². The Bertz CT molecular complexity index is 4630. The number of halogens is 4. The molecule has 6 heterocycles. The van der Waals surface area contributed by atoms with Gasteiger partial charge in [0.25, 0.3) is 0 Å². The van der Waals surface area contributed by atoms with Gasteiger partial charge in [-0.1, -0.05) is 120 Å². The highest BCUT2D eigenvalue weighted by Gasteiger charge is 2.38. The number of phenolic OH excluding ortho intramolecular Hbond substituents is 3. The third kappa shape index (κ3) is 32.8. The van der Waals surface area contributed by atoms with E-state index in [9.17, 15) is 71.6 Å². The number of hydrogen-bond acceptors (Lipinski definition) is 21. The summed E-state index contributed by atoms with van der Waals surface area (Å²) in [4.78, 5) is 129. The highest BCUT2D eigenvalue weighted by Crippen LogP contribution is 2.29. The fraction of sp³-hybridized carbons (Fsp3) is 0.545. The number of nitrogens with one attached hydrogen (secondary N) is 12. The van der Waals surface area contributed by atoms with Gasteiger partial charge in [-0.15, -0.1) is 0 Å². The number of benzene rings is 6. The first-order valence-corrected chi connectivity index (χ1v) is 47.4. The van der Waals surface area contributed by atoms with Crippen LogP contribution in [0.1, 0.15) is 153 Å². The van der Waals surface area contributed by atoms with Crippen molar-refractivity contribution in [1.82, 2.24) is 78.5 Å². The van der Waals surface area contributed by atoms with Crippen molar-refractivity contribution < 1.29 is 85.9 Å². The molecule has 726 valence electrons. The minimum atomic E-state index is -1.14. The number of amides is 9. The molecule has 12 rings (SSSR count). The van der Waals surface area contributed by atoms with Crippen LogP contribution in [0.15, 0.2) is 121 Å². The van der Waals surface area contributed by atoms with Gasteiger partial charge in [-0.2, -0.15) is 0 Å². The first-order valence-electron chi connectivity index (χ1n) is 47.1. The van der Waals surface area contributed by atoms with Gasteiger partial charge in [0, 0.05) is 57.4 Å². The molecule has 34 heteroatoms. The molecule has 9 amide bonds. The van der Waals surface area contributed by atoms with Gasteiger partial charge in [0.1, 0.15) is 79.1 Å². The van der Waals surface area contributed by atoms with E-state index < -0.39 is 113 Å². The maximum absolute atomic E-state index is 14.2. The Kier molecular flexibility index (Phi) is 40.9. The van der Waals surface area contributed by atoms with Gasteiger partial charge in [0.05, 0.1) is 23.1 Å². The third-order valence-electron chi connectivity index (χ3n) is 24.5. The molecule has 6 aliphatic rings. The van der Waals surface area contributed by atoms with Gasteiger partial charge < -0.3 is 92.1 Å². The van der Waals surface area contributed by atoms with Crippen molar-refractivity contribution >= 4 is 64.8 Å². The Morgan fingerprint density at radius 1 is 0.353 bits per heavy atom. The van der Waals surface area contributed by atoms with E-state index in [2.05, 4.69) is 78.5 Å². The van der Waals surface area contributed by atoms with E-state index in [4.69, 9.17) is 25.8 Å². The second kappa shape index (κ2) is 52.2. The van der Waals surface area contributed by atoms with Crippen LogP contribution in [0.2, 0.25) is 5.02 Å². The quantitative estimate of drug-likeness (QED) is 0.0473. The largest absolute Gasteiger partial charge is 0.506 e. The lowest BCUT2D eigenvalue weighted by atomic mass is 10.00. The van der Waals surface area contributed by atoms with E-state index >= 15 is 0 Å². The number of nitrogens with zero attached hydrogens (tertiary/aromatic N) is 3. The molecule has 0 bridgehead atoms. The standard InChI is InChI=1S/C33H46ClN5O5.C33H45F2N5O5.C33H46FN5O5/c1-21(2)30-33(43)37-27(19-39-15-6-7-16-39)31(41)35-14-8-10-24-9-4-5-11-29(24)44-20-22(3)36-26(32(42)38-30)18-23-12-13-28(40)25(34)17-23;1-20(2)29-33(44)38-27(18-40-13-6-7-14-40)31(42)36-12-8-10-23-9-4-5-11-28(23)45-19-21(3)37-26(32(43)39-29)17-22-15-24(34)30(41)25(35)16-22;1-21(2)30-33(43)37-27(19-39-15-6-7-16-39)31(41)35-14-8-10-24-9-4-5-11-29(24)44-20-22(3)36-26(32(42)38-30)18-23-12-13-28(40)25(34)17-23/h4-5,9,11-13,17,21-22,26-27,30,36,40H,6-8,10,14-16,18-20H2,1-3H3,(H,35,41)(H,37,43)(H,38,42);4-5,9,11,15-16,20-21,26-27,29,37,41H,6-8,10,12-14,17-19H2,1-3H3,(H,36,42)(H,38,44)(H,39,43);4-5,9,11-13,17,21-22,26-27,30,36,40H,6-8,10,14-16,18-20H2,1-3H3,(H,35,41)(H,37,43)(H,38,42)/t22-,26+,27-,30+;21-,26+,27-,29+;22-,26+,27-,30+/m000/s1. The number of para-hydroxylation sites is 3. The number of hydrogen-bond donors (Lipinski definition) is 15. The summed E-state index contributed by atoms with van der Waals surface area (Å²) < 4.78 is 61.1. The molecule has 3 saturated heterocycles. The molecule has 0 spiro atoms. The molecule has 0 saturated carbocycles. The lowest BCUT2D eigenvalue weighted by molar-refractivity contribution is -0.134. The Labute approximate surface area is 784 Å². The molecular formula is C99H137ClF3N15O15. The summed E-state index contributed by atoms with van der Waals surface area (Å²) in [6.45, 7) is 25.0. The van der Waals surface area contributed by atoms with Crippen LogP contribution in [-0.2, 0) is 81.7 Å². The number of rotatable bonds is 15. The number of phenols is 3. The molecule has 30 nitrogen and oxygen atoms in total. The number of fused-ring (bicyclic) bond motifs is 3. The summed E-state index contributed by atoms with van der Waals surface area (Å²) in [5.74, 6) is -6.81. The summed E-state index contributed by atoms with van der Waals surface area (Å²) >= 11 is 6.17. The highest BCUT2D eigenvalue weighted by molar-refractivity contribution is 6.32. The Balaban J connectivity index is 0.000000207. The summed E-state index contributed by atoms with van der Waals surface area (Å²) in [7, 11) is 0. The SMILES string of the molecule is CC(C)[C@H]1NC(=O)[C@@H](Cc2cc(F)c(O)c(F)c2)N[C@@H](C)COc2ccccc2CCCNC(=O)[C@H](CN2CCCC2)NC1=O.CC(C)[C@H]1NC(=O)[C@@H](Cc2ccc(O)c(Cl)c2)N[C@@H](C)COc2ccccc2CCCNC(=O)[C@H](CN2CCCC2)NC1=O.CC(C)[C@H]1NC(=O)[C@@H](Cc2ccc(O)c(F)c2)N[C@@H](C)COc2ccccc2CCCNC(=O)[C@H](CN2CCCC2)NC1=O. The molecular weight excluding hydrogens is 1730 g/mol. The van der Waals surface area contributed by atoms with Crippen LogP contribution in [0.3, 0.4) is 0 Å². The van der Waals surface area contributed by atoms with Crippen molar-refractivity contribution in [2.75, 3.05) is 98.4 Å². The summed E-state index contributed by atoms with van der Waals surface area (Å²) in [6, 6.07) is 25.4. The lowest BCUT2D eigenvalue weighted by Gasteiger charge is -2.30. The molecule has 6 aromatic rings. The van der Waals surface area contributed by atoms with Crippen LogP contribution in [0.5, 0.6) is 34.5 Å². The summed E-state index contributed by atoms with van der Waals surface area (Å²) in [5, 5.41) is 65.6. The summed E-state index contributed by atoms with van der Waals surface area (Å²) in [6.07, 6.45) is 10.6. The number of likely N-dealkylation sites (tertiary alicyclic amines) is 3. The lowest BCUT2D eigenvalue weighted by Crippen LogP contribution is -2.60. The van der Waals surface area contributed by atoms with Gasteiger partial charge in [0.2, 0.25) is 53.2 Å². The zero-order valence-electron chi connectivity index (χ0n) is 78.0. The summed E-state index contributed by atoms with van der Waals surface area (Å²) in [5.41, 5.74) is 4.39. The van der Waals surface area contributed by atoms with Crippen LogP contribution in [-0.4, -0.2) is 254 Å². The average molecular weight is 1870 g/mol. The Morgan fingerprint density at radius 2 is 0.647 bits per heavy atom. The second-order valence-electron chi connectivity index (χ2n) is 36.8. The van der Waals surface area contributed by atoms with Crippen molar-refractivity contribution in [2.45, 2.75) is 231 Å². The van der Waals surface area contributed by atoms with E-state index in [1.807, 2.05) is 121 Å². The van der Waals surface area contributed by atoms with Crippen LogP contribution in [0.25, 0.3) is 0 Å². The Hall–Kier alpha value is -10.8. The van der Waals surface area contributed by atoms with Gasteiger partial charge >= 0.3 is 0 Å². The van der Waals surface area contributed by atoms with Crippen molar-refractivity contribution in [3.05, 3.63) is 177 Å². The smallest absolute Gasteiger partial charge is 0.243 e. The number of carbonyl (C=O) groups excluding carboxylic acids is 9. The number of carbonyl (C=O) groups is 9. The van der Waals surface area contributed by atoms with Crippen LogP contribution < -0.4 is 78.0 Å². The van der Waals surface area contributed by atoms with Crippen molar-refractivity contribution in [3.63, 3.8) is 0 Å². The maximum atomic E-state index is 14.2. The van der Waals surface area contributed by atoms with E-state index in [-0.39, 0.29) is 108 Å². The zero-order valence-corrected chi connectivity index (χ0v) is 78.8. The third-order valence-corrected chi connectivity index (χ3v) is 24.8. The maximum Gasteiger partial charge on any atom is 0.243 e. The highest BCUT2D eigenvalue weighted by atomic mass is 35.5. The monoisotopic (exact) mass is 1870 g/mol. The van der Waals surface area contributed by atoms with Crippen molar-refractivity contribution in [2.24, 2.45) is 17.8 Å². The van der Waals surface area contributed by atoms with E-state index in [1.165, 1.54) is 18.2 Å². The number of ether oxygens (including phenoxy) is 3. The molecule has 0 unspecified atom stereocenters. The normalized spacial score (nSPS) is 24.7. The first kappa shape index (κ1) is 104. The first-order chi connectivity index (χ1) is 63.7. The van der Waals surface area contributed by atoms with Crippen molar-refractivity contribution in [1.29, 1.82) is 0 Å². The molecule has 0 aliphatic carbocycles. The van der Waals surface area contributed by atoms with Crippen molar-refractivity contribution in [3.8, 4) is 34.5 Å². The van der Waals surface area contributed by atoms with Gasteiger partial charge in [-0.05, 0) is 262 Å². The molecule has 133 heavy (non-hydrogen) atoms. The predicted molar refractivity (Wildman–Crippen MR) is 502 cm³/mol. The molecule has 6 aliphatic heterocycles. The number of aromatic hydroxyl groups is 3. The van der Waals surface area contributed by atoms with E-state index in [1.54, 1.807) is 32.0 Å². The molecule has 15 N–H and O–H groups in total. The van der Waals surface area contributed by atoms with Gasteiger partial charge in [-0.25, -0.2) is 13.2 Å². The minimum Gasteiger partial charge on any atom is -0.506 e. The topological polar surface area (TPSA) is 396 Å². The van der Waals surface area contributed by atoms with Gasteiger partial charge in [-0.3, -0.25) is 59.1 Å². The minimum absolute atomic E-state index is 0.0398. The molecule has 3 fully saturated rings. The molecule has 6 aromatic carbocycles.